The number of benzene rings is 1. The second-order valence-electron chi connectivity index (χ2n) is 7.22. The van der Waals surface area contributed by atoms with Gasteiger partial charge in [-0.25, -0.2) is 4.79 Å². The second-order valence-corrected chi connectivity index (χ2v) is 7.55. The smallest absolute Gasteiger partial charge is 0.347 e. The van der Waals surface area contributed by atoms with Gasteiger partial charge in [-0.1, -0.05) is 39.8 Å². The molecule has 0 aliphatic heterocycles. The molecule has 1 N–H and O–H groups in total. The van der Waals surface area contributed by atoms with E-state index in [1.807, 2.05) is 26.0 Å². The molecule has 0 aliphatic carbocycles. The lowest BCUT2D eigenvalue weighted by atomic mass is 9.49. The molecule has 0 aliphatic rings. The molecule has 0 heterocycles. The molecule has 0 bridgehead atoms. The van der Waals surface area contributed by atoms with Crippen LogP contribution in [0.1, 0.15) is 53.5 Å². The molecule has 5 heteroatoms. The molecule has 0 saturated heterocycles. The number of rotatable bonds is 5. The Morgan fingerprint density at radius 3 is 2.00 bits per heavy atom. The van der Waals surface area contributed by atoms with Crippen molar-refractivity contribution in [3.05, 3.63) is 29.8 Å². The van der Waals surface area contributed by atoms with Gasteiger partial charge in [-0.3, -0.25) is 4.58 Å². The Balaban J connectivity index is 3.59. The van der Waals surface area contributed by atoms with Gasteiger partial charge in [0.1, 0.15) is 5.75 Å². The Bertz CT molecular complexity index is 516. The van der Waals surface area contributed by atoms with Crippen molar-refractivity contribution < 1.29 is 19.4 Å². The Labute approximate surface area is 136 Å². The molecule has 1 rings (SSSR count). The molecular formula is C17H28O4Si. The van der Waals surface area contributed by atoms with Crippen molar-refractivity contribution in [2.75, 3.05) is 0 Å². The minimum atomic E-state index is -0.790. The van der Waals surface area contributed by atoms with Gasteiger partial charge < -0.3 is 9.99 Å². The van der Waals surface area contributed by atoms with Gasteiger partial charge in [-0.15, -0.1) is 0 Å². The van der Waals surface area contributed by atoms with E-state index in [2.05, 4.69) is 27.7 Å². The molecule has 124 valence electrons. The van der Waals surface area contributed by atoms with Gasteiger partial charge >= 0.3 is 5.97 Å². The van der Waals surface area contributed by atoms with Crippen molar-refractivity contribution in [3.63, 3.8) is 0 Å². The number of carbonyl (C=O) groups is 1. The third kappa shape index (κ3) is 2.92. The Kier molecular flexibility index (Phi) is 5.46. The second kappa shape index (κ2) is 6.42. The van der Waals surface area contributed by atoms with Crippen LogP contribution in [-0.2, 0) is 19.7 Å². The maximum atomic E-state index is 12.6. The molecule has 1 unspecified atom stereocenters. The lowest BCUT2D eigenvalue weighted by Crippen LogP contribution is -2.55. The highest BCUT2D eigenvalue weighted by Crippen LogP contribution is 2.56. The average Bonchev–Trinajstić information content (AvgIpc) is 2.40. The van der Waals surface area contributed by atoms with E-state index in [0.29, 0.717) is 10.5 Å². The molecule has 4 nitrogen and oxygen atoms in total. The van der Waals surface area contributed by atoms with E-state index < -0.39 is 10.8 Å². The molecule has 1 aromatic carbocycles. The largest absolute Gasteiger partial charge is 0.508 e. The first-order valence-corrected chi connectivity index (χ1v) is 8.41. The first-order valence-electron chi connectivity index (χ1n) is 7.59. The first-order chi connectivity index (χ1) is 10.0. The Morgan fingerprint density at radius 2 is 1.64 bits per heavy atom. The van der Waals surface area contributed by atoms with Crippen LogP contribution in [0.15, 0.2) is 24.3 Å². The van der Waals surface area contributed by atoms with Gasteiger partial charge in [-0.05, 0) is 43.4 Å². The minimum Gasteiger partial charge on any atom is -0.508 e. The number of carbonyl (C=O) groups excluding carboxylic acids is 1. The summed E-state index contributed by atoms with van der Waals surface area (Å²) in [6.07, 6.45) is 0.754. The van der Waals surface area contributed by atoms with Crippen LogP contribution in [0.2, 0.25) is 0 Å². The molecule has 0 fully saturated rings. The maximum Gasteiger partial charge on any atom is 0.347 e. The fourth-order valence-electron chi connectivity index (χ4n) is 4.01. The van der Waals surface area contributed by atoms with Gasteiger partial charge in [0.2, 0.25) is 10.5 Å². The third-order valence-corrected chi connectivity index (χ3v) is 5.07. The number of hydrogen-bond donors (Lipinski definition) is 1. The van der Waals surface area contributed by atoms with Crippen molar-refractivity contribution in [2.45, 2.75) is 53.4 Å². The van der Waals surface area contributed by atoms with Crippen molar-refractivity contribution in [1.82, 2.24) is 0 Å². The van der Waals surface area contributed by atoms with E-state index in [-0.39, 0.29) is 17.1 Å². The summed E-state index contributed by atoms with van der Waals surface area (Å²) in [6.45, 7) is 12.3. The zero-order chi connectivity index (χ0) is 17.2. The zero-order valence-electron chi connectivity index (χ0n) is 14.7. The fraction of sp³-hybridized carbons (Fsp3) is 0.588. The normalized spacial score (nSPS) is 15.4. The first kappa shape index (κ1) is 18.7. The van der Waals surface area contributed by atoms with Crippen molar-refractivity contribution >= 4 is 16.5 Å². The van der Waals surface area contributed by atoms with Crippen molar-refractivity contribution in [1.29, 1.82) is 0 Å². The van der Waals surface area contributed by atoms with Crippen LogP contribution < -0.4 is 0 Å². The average molecular weight is 324 g/mol. The lowest BCUT2D eigenvalue weighted by Gasteiger charge is -2.53. The topological polar surface area (TPSA) is 55.8 Å². The fourth-order valence-corrected chi connectivity index (χ4v) is 4.16. The highest BCUT2D eigenvalue weighted by Gasteiger charge is 2.57. The van der Waals surface area contributed by atoms with Crippen molar-refractivity contribution in [3.8, 4) is 5.75 Å². The molecule has 0 radical (unpaired) electrons. The minimum absolute atomic E-state index is 0.202. The maximum absolute atomic E-state index is 12.6. The van der Waals surface area contributed by atoms with Crippen LogP contribution >= 0.6 is 0 Å². The summed E-state index contributed by atoms with van der Waals surface area (Å²) in [5.74, 6) is -0.154. The molecule has 1 aromatic rings. The highest BCUT2D eigenvalue weighted by atomic mass is 28.2. The summed E-state index contributed by atoms with van der Waals surface area (Å²) < 4.78 is 4.75. The predicted molar refractivity (Wildman–Crippen MR) is 90.4 cm³/mol. The summed E-state index contributed by atoms with van der Waals surface area (Å²) in [5.41, 5.74) is -0.450. The standard InChI is InChI=1S/C17H28O4Si/c1-7-17(15(2,3)4,12-8-10-13(18)11-9-12)16(5,6)14(19)20-21-22/h8-11,18H,7H2,1-6,22H3. The van der Waals surface area contributed by atoms with E-state index in [9.17, 15) is 9.90 Å². The van der Waals surface area contributed by atoms with Gasteiger partial charge in [0.05, 0.1) is 5.41 Å². The summed E-state index contributed by atoms with van der Waals surface area (Å²) >= 11 is 0. The number of aromatic hydroxyl groups is 1. The number of hydrogen-bond acceptors (Lipinski definition) is 4. The van der Waals surface area contributed by atoms with E-state index in [4.69, 9.17) is 9.46 Å². The van der Waals surface area contributed by atoms with E-state index in [1.165, 1.54) is 0 Å². The van der Waals surface area contributed by atoms with Gasteiger partial charge in [-0.2, -0.15) is 0 Å². The van der Waals surface area contributed by atoms with Crippen molar-refractivity contribution in [2.24, 2.45) is 10.8 Å². The molecule has 1 atom stereocenters. The number of phenolic OH excluding ortho intramolecular Hbond substituents is 1. The van der Waals surface area contributed by atoms with Gasteiger partial charge in [0.15, 0.2) is 0 Å². The summed E-state index contributed by atoms with van der Waals surface area (Å²) in [4.78, 5) is 17.5. The van der Waals surface area contributed by atoms with Gasteiger partial charge in [0.25, 0.3) is 0 Å². The number of phenols is 1. The molecule has 0 aromatic heterocycles. The van der Waals surface area contributed by atoms with E-state index >= 15 is 0 Å². The highest BCUT2D eigenvalue weighted by molar-refractivity contribution is 5.98. The molecular weight excluding hydrogens is 296 g/mol. The third-order valence-electron chi connectivity index (χ3n) is 4.91. The van der Waals surface area contributed by atoms with Crippen LogP contribution in [0.5, 0.6) is 5.75 Å². The molecule has 0 amide bonds. The van der Waals surface area contributed by atoms with E-state index in [1.54, 1.807) is 12.1 Å². The van der Waals surface area contributed by atoms with Gasteiger partial charge in [0, 0.05) is 5.41 Å². The summed E-state index contributed by atoms with van der Waals surface area (Å²) in [6, 6.07) is 7.10. The SMILES string of the molecule is CCC(c1ccc(O)cc1)(C(C)(C)C)C(C)(C)C(=O)OO[SiH3]. The van der Waals surface area contributed by atoms with Crippen LogP contribution in [-0.4, -0.2) is 21.6 Å². The molecule has 0 saturated carbocycles. The van der Waals surface area contributed by atoms with Crippen LogP contribution in [0.4, 0.5) is 0 Å². The Morgan fingerprint density at radius 1 is 1.14 bits per heavy atom. The van der Waals surface area contributed by atoms with E-state index in [0.717, 1.165) is 12.0 Å². The predicted octanol–water partition coefficient (Wildman–Crippen LogP) is 2.87. The monoisotopic (exact) mass is 324 g/mol. The summed E-state index contributed by atoms with van der Waals surface area (Å²) in [5, 5.41) is 9.59. The molecule has 22 heavy (non-hydrogen) atoms. The Hall–Kier alpha value is -1.33. The lowest BCUT2D eigenvalue weighted by molar-refractivity contribution is -0.229. The molecule has 0 spiro atoms. The quantitative estimate of drug-likeness (QED) is 0.514. The summed E-state index contributed by atoms with van der Waals surface area (Å²) in [7, 11) is 0.341. The van der Waals surface area contributed by atoms with Crippen LogP contribution in [0.25, 0.3) is 0 Å². The van der Waals surface area contributed by atoms with Crippen LogP contribution in [0.3, 0.4) is 0 Å². The zero-order valence-corrected chi connectivity index (χ0v) is 16.7. The van der Waals surface area contributed by atoms with Crippen LogP contribution in [0, 0.1) is 10.8 Å².